The van der Waals surface area contributed by atoms with Gasteiger partial charge in [-0.05, 0) is 30.7 Å². The molecule has 0 aromatic heterocycles. The highest BCUT2D eigenvalue weighted by molar-refractivity contribution is 6.18. The summed E-state index contributed by atoms with van der Waals surface area (Å²) >= 11 is 0. The van der Waals surface area contributed by atoms with Crippen molar-refractivity contribution in [2.24, 2.45) is 0 Å². The molecule has 1 atom stereocenters. The number of alkyl halides is 1. The predicted molar refractivity (Wildman–Crippen MR) is 61.5 cm³/mol. The molecular formula is C13H13FO4. The van der Waals surface area contributed by atoms with Crippen LogP contribution in [0, 0.1) is 0 Å². The Kier molecular flexibility index (Phi) is 3.07. The SMILES string of the molecule is CCOC(=O)[C@@]1(F)Cc2cc(OC)ccc2C1=O. The monoisotopic (exact) mass is 252 g/mol. The quantitative estimate of drug-likeness (QED) is 0.607. The largest absolute Gasteiger partial charge is 0.497 e. The number of Topliss-reactive ketones (excluding diaryl/α,β-unsaturated/α-hetero) is 1. The Bertz CT molecular complexity index is 512. The number of hydrogen-bond donors (Lipinski definition) is 0. The Labute approximate surface area is 104 Å². The second-order valence-corrected chi connectivity index (χ2v) is 4.05. The maximum atomic E-state index is 14.4. The number of halogens is 1. The van der Waals surface area contributed by atoms with Crippen molar-refractivity contribution in [1.82, 2.24) is 0 Å². The molecule has 0 heterocycles. The summed E-state index contributed by atoms with van der Waals surface area (Å²) in [6.07, 6.45) is -0.294. The number of fused-ring (bicyclic) bond motifs is 1. The van der Waals surface area contributed by atoms with Crippen LogP contribution in [0.1, 0.15) is 22.8 Å². The molecule has 18 heavy (non-hydrogen) atoms. The van der Waals surface area contributed by atoms with Gasteiger partial charge in [0.05, 0.1) is 13.7 Å². The van der Waals surface area contributed by atoms with Gasteiger partial charge in [-0.3, -0.25) is 4.79 Å². The number of benzene rings is 1. The van der Waals surface area contributed by atoms with Crippen molar-refractivity contribution >= 4 is 11.8 Å². The maximum Gasteiger partial charge on any atom is 0.352 e. The van der Waals surface area contributed by atoms with Gasteiger partial charge in [0.1, 0.15) is 5.75 Å². The van der Waals surface area contributed by atoms with Gasteiger partial charge < -0.3 is 9.47 Å². The summed E-state index contributed by atoms with van der Waals surface area (Å²) in [7, 11) is 1.48. The van der Waals surface area contributed by atoms with Gasteiger partial charge in [0.2, 0.25) is 5.78 Å². The molecule has 96 valence electrons. The topological polar surface area (TPSA) is 52.6 Å². The Morgan fingerprint density at radius 2 is 2.22 bits per heavy atom. The van der Waals surface area contributed by atoms with E-state index >= 15 is 0 Å². The Balaban J connectivity index is 2.37. The number of methoxy groups -OCH3 is 1. The van der Waals surface area contributed by atoms with Crippen molar-refractivity contribution in [3.63, 3.8) is 0 Å². The van der Waals surface area contributed by atoms with Crippen LogP contribution in [0.4, 0.5) is 4.39 Å². The highest BCUT2D eigenvalue weighted by Crippen LogP contribution is 2.36. The molecule has 0 aliphatic heterocycles. The first-order valence-corrected chi connectivity index (χ1v) is 5.60. The molecule has 0 saturated carbocycles. The lowest BCUT2D eigenvalue weighted by Crippen LogP contribution is -2.41. The number of rotatable bonds is 3. The highest BCUT2D eigenvalue weighted by atomic mass is 19.1. The molecule has 1 aromatic carbocycles. The van der Waals surface area contributed by atoms with Gasteiger partial charge in [-0.1, -0.05) is 0 Å². The first-order valence-electron chi connectivity index (χ1n) is 5.60. The summed E-state index contributed by atoms with van der Waals surface area (Å²) in [4.78, 5) is 23.5. The summed E-state index contributed by atoms with van der Waals surface area (Å²) in [6.45, 7) is 1.61. The van der Waals surface area contributed by atoms with Crippen LogP contribution in [-0.4, -0.2) is 31.1 Å². The fourth-order valence-corrected chi connectivity index (χ4v) is 2.03. The van der Waals surface area contributed by atoms with Crippen molar-refractivity contribution in [2.45, 2.75) is 19.0 Å². The van der Waals surface area contributed by atoms with Gasteiger partial charge in [-0.15, -0.1) is 0 Å². The second kappa shape index (κ2) is 4.40. The molecule has 5 heteroatoms. The van der Waals surface area contributed by atoms with Crippen LogP contribution in [0.2, 0.25) is 0 Å². The van der Waals surface area contributed by atoms with E-state index in [1.165, 1.54) is 13.2 Å². The van der Waals surface area contributed by atoms with E-state index in [0.29, 0.717) is 11.3 Å². The third kappa shape index (κ3) is 1.75. The van der Waals surface area contributed by atoms with Gasteiger partial charge in [0.25, 0.3) is 5.67 Å². The third-order valence-electron chi connectivity index (χ3n) is 2.95. The molecule has 0 bridgehead atoms. The number of ether oxygens (including phenoxy) is 2. The average molecular weight is 252 g/mol. The van der Waals surface area contributed by atoms with Crippen LogP contribution >= 0.6 is 0 Å². The first kappa shape index (κ1) is 12.5. The zero-order valence-corrected chi connectivity index (χ0v) is 10.2. The molecule has 0 fully saturated rings. The van der Waals surface area contributed by atoms with Crippen LogP contribution in [0.15, 0.2) is 18.2 Å². The smallest absolute Gasteiger partial charge is 0.352 e. The fourth-order valence-electron chi connectivity index (χ4n) is 2.03. The lowest BCUT2D eigenvalue weighted by Gasteiger charge is -2.14. The fraction of sp³-hybridized carbons (Fsp3) is 0.385. The van der Waals surface area contributed by atoms with Crippen molar-refractivity contribution in [1.29, 1.82) is 0 Å². The summed E-state index contributed by atoms with van der Waals surface area (Å²) in [5.74, 6) is -1.43. The molecule has 0 unspecified atom stereocenters. The third-order valence-corrected chi connectivity index (χ3v) is 2.95. The van der Waals surface area contributed by atoms with Crippen LogP contribution in [0.25, 0.3) is 0 Å². The molecule has 0 radical (unpaired) electrons. The van der Waals surface area contributed by atoms with Gasteiger partial charge >= 0.3 is 5.97 Å². The van der Waals surface area contributed by atoms with Crippen molar-refractivity contribution in [3.8, 4) is 5.75 Å². The van der Waals surface area contributed by atoms with Crippen LogP contribution < -0.4 is 4.74 Å². The lowest BCUT2D eigenvalue weighted by molar-refractivity contribution is -0.153. The summed E-state index contributed by atoms with van der Waals surface area (Å²) < 4.78 is 24.1. The molecule has 0 saturated heterocycles. The first-order chi connectivity index (χ1) is 8.52. The molecule has 2 rings (SSSR count). The van der Waals surface area contributed by atoms with Gasteiger partial charge in [-0.25, -0.2) is 9.18 Å². The molecule has 0 spiro atoms. The number of esters is 1. The van der Waals surface area contributed by atoms with Crippen LogP contribution in [0.3, 0.4) is 0 Å². The Morgan fingerprint density at radius 1 is 1.50 bits per heavy atom. The molecular weight excluding hydrogens is 239 g/mol. The van der Waals surface area contributed by atoms with Crippen molar-refractivity contribution in [2.75, 3.05) is 13.7 Å². The molecule has 1 aliphatic rings. The molecule has 0 N–H and O–H groups in total. The number of hydrogen-bond acceptors (Lipinski definition) is 4. The molecule has 1 aromatic rings. The lowest BCUT2D eigenvalue weighted by atomic mass is 10.0. The zero-order valence-electron chi connectivity index (χ0n) is 10.2. The minimum atomic E-state index is -2.59. The molecule has 0 amide bonds. The summed E-state index contributed by atoms with van der Waals surface area (Å²) in [6, 6.07) is 4.60. The number of ketones is 1. The van der Waals surface area contributed by atoms with Crippen molar-refractivity contribution in [3.05, 3.63) is 29.3 Å². The van der Waals surface area contributed by atoms with E-state index in [1.807, 2.05) is 0 Å². The summed E-state index contributed by atoms with van der Waals surface area (Å²) in [5, 5.41) is 0. The number of carbonyl (C=O) groups excluding carboxylic acids is 2. The Hall–Kier alpha value is -1.91. The van der Waals surface area contributed by atoms with Crippen LogP contribution in [-0.2, 0) is 16.0 Å². The van der Waals surface area contributed by atoms with Gasteiger partial charge in [0, 0.05) is 12.0 Å². The maximum absolute atomic E-state index is 14.4. The van der Waals surface area contributed by atoms with Gasteiger partial charge in [-0.2, -0.15) is 0 Å². The minimum Gasteiger partial charge on any atom is -0.497 e. The van der Waals surface area contributed by atoms with Gasteiger partial charge in [0.15, 0.2) is 0 Å². The van der Waals surface area contributed by atoms with Crippen molar-refractivity contribution < 1.29 is 23.5 Å². The van der Waals surface area contributed by atoms with E-state index in [-0.39, 0.29) is 18.6 Å². The zero-order chi connectivity index (χ0) is 13.3. The highest BCUT2D eigenvalue weighted by Gasteiger charge is 2.53. The van der Waals surface area contributed by atoms with E-state index < -0.39 is 17.4 Å². The average Bonchev–Trinajstić information content (AvgIpc) is 2.62. The van der Waals surface area contributed by atoms with E-state index in [0.717, 1.165) is 0 Å². The van der Waals surface area contributed by atoms with E-state index in [4.69, 9.17) is 4.74 Å². The Morgan fingerprint density at radius 3 is 2.83 bits per heavy atom. The van der Waals surface area contributed by atoms with E-state index in [1.54, 1.807) is 19.1 Å². The summed E-state index contributed by atoms with van der Waals surface area (Å²) in [5.41, 5.74) is -1.91. The molecule has 4 nitrogen and oxygen atoms in total. The standard InChI is InChI=1S/C13H13FO4/c1-3-18-12(16)13(14)7-8-6-9(17-2)4-5-10(8)11(13)15/h4-6H,3,7H2,1-2H3/t13-/m1/s1. The predicted octanol–water partition coefficient (Wildman–Crippen LogP) is 1.71. The minimum absolute atomic E-state index is 0.0391. The second-order valence-electron chi connectivity index (χ2n) is 4.05. The van der Waals surface area contributed by atoms with E-state index in [9.17, 15) is 14.0 Å². The van der Waals surface area contributed by atoms with Crippen LogP contribution in [0.5, 0.6) is 5.75 Å². The molecule has 1 aliphatic carbocycles. The number of carbonyl (C=O) groups is 2. The van der Waals surface area contributed by atoms with E-state index in [2.05, 4.69) is 4.74 Å². The normalized spacial score (nSPS) is 21.6.